The van der Waals surface area contributed by atoms with Gasteiger partial charge in [0.25, 0.3) is 0 Å². The lowest BCUT2D eigenvalue weighted by molar-refractivity contribution is -0.0498. The molecule has 0 fully saturated rings. The minimum absolute atomic E-state index is 0.0335. The topological polar surface area (TPSA) is 73.1 Å². The Morgan fingerprint density at radius 3 is 2.42 bits per heavy atom. The number of hydrogen-bond acceptors (Lipinski definition) is 5. The molecule has 0 spiro atoms. The van der Waals surface area contributed by atoms with Gasteiger partial charge in [0.15, 0.2) is 0 Å². The number of rotatable bonds is 6. The predicted molar refractivity (Wildman–Crippen MR) is 81.3 cm³/mol. The van der Waals surface area contributed by atoms with Gasteiger partial charge in [-0.05, 0) is 22.9 Å². The Morgan fingerprint density at radius 2 is 1.75 bits per heavy atom. The summed E-state index contributed by atoms with van der Waals surface area (Å²) >= 11 is 0. The van der Waals surface area contributed by atoms with Gasteiger partial charge in [0.2, 0.25) is 5.82 Å². The molecule has 3 rings (SSSR count). The lowest BCUT2D eigenvalue weighted by atomic mass is 10.1. The molecule has 2 aromatic carbocycles. The third kappa shape index (κ3) is 3.90. The molecule has 0 amide bonds. The maximum atomic E-state index is 12.1. The van der Waals surface area contributed by atoms with Gasteiger partial charge in [0, 0.05) is 5.56 Å². The van der Waals surface area contributed by atoms with Crippen LogP contribution in [0.5, 0.6) is 5.75 Å². The highest BCUT2D eigenvalue weighted by atomic mass is 19.3. The van der Waals surface area contributed by atoms with Crippen LogP contribution in [-0.2, 0) is 6.54 Å². The van der Waals surface area contributed by atoms with Crippen molar-refractivity contribution in [2.75, 3.05) is 0 Å². The van der Waals surface area contributed by atoms with E-state index in [0.29, 0.717) is 11.4 Å². The van der Waals surface area contributed by atoms with E-state index >= 15 is 0 Å². The Kier molecular flexibility index (Phi) is 4.76. The first-order valence-corrected chi connectivity index (χ1v) is 7.18. The molecule has 0 saturated carbocycles. The van der Waals surface area contributed by atoms with Gasteiger partial charge in [-0.1, -0.05) is 42.5 Å². The van der Waals surface area contributed by atoms with Gasteiger partial charge >= 0.3 is 6.61 Å². The van der Waals surface area contributed by atoms with Crippen molar-refractivity contribution in [3.05, 3.63) is 60.2 Å². The number of nitrogens with zero attached hydrogens (tertiary/aromatic N) is 4. The highest BCUT2D eigenvalue weighted by molar-refractivity contribution is 5.52. The molecule has 3 aromatic rings. The highest BCUT2D eigenvalue weighted by Gasteiger charge is 2.13. The summed E-state index contributed by atoms with van der Waals surface area (Å²) in [6.07, 6.45) is -0.900. The molecule has 0 unspecified atom stereocenters. The van der Waals surface area contributed by atoms with Gasteiger partial charge in [0.1, 0.15) is 11.9 Å². The summed E-state index contributed by atoms with van der Waals surface area (Å²) in [5.74, 6) is 0.495. The van der Waals surface area contributed by atoms with Crippen molar-refractivity contribution in [3.8, 4) is 17.1 Å². The van der Waals surface area contributed by atoms with Gasteiger partial charge < -0.3 is 9.84 Å². The number of benzene rings is 2. The zero-order chi connectivity index (χ0) is 16.9. The van der Waals surface area contributed by atoms with Crippen LogP contribution in [0.15, 0.2) is 54.6 Å². The van der Waals surface area contributed by atoms with Crippen LogP contribution in [0.4, 0.5) is 8.78 Å². The molecule has 6 nitrogen and oxygen atoms in total. The number of aliphatic hydroxyl groups excluding tert-OH is 1. The number of hydrogen-bond donors (Lipinski definition) is 1. The molecule has 8 heteroatoms. The summed E-state index contributed by atoms with van der Waals surface area (Å²) in [6, 6.07) is 15.1. The van der Waals surface area contributed by atoms with Crippen LogP contribution in [0.25, 0.3) is 11.4 Å². The van der Waals surface area contributed by atoms with Gasteiger partial charge in [-0.15, -0.1) is 10.2 Å². The standard InChI is InChI=1S/C16H14F2N4O2/c17-16(18)24-13-8-6-11(7-9-13)14(23)10-22-20-15(19-21-22)12-4-2-1-3-5-12/h1-9,14,16,23H,10H2/t14-/m1/s1. The van der Waals surface area contributed by atoms with Crippen LogP contribution >= 0.6 is 0 Å². The van der Waals surface area contributed by atoms with Crippen LogP contribution < -0.4 is 4.74 Å². The van der Waals surface area contributed by atoms with E-state index in [0.717, 1.165) is 5.56 Å². The van der Waals surface area contributed by atoms with Gasteiger partial charge in [-0.3, -0.25) is 0 Å². The van der Waals surface area contributed by atoms with Crippen molar-refractivity contribution >= 4 is 0 Å². The molecule has 0 bridgehead atoms. The first kappa shape index (κ1) is 16.0. The fourth-order valence-electron chi connectivity index (χ4n) is 2.15. The number of ether oxygens (including phenoxy) is 1. The number of aromatic nitrogens is 4. The molecule has 0 aliphatic heterocycles. The number of halogens is 2. The quantitative estimate of drug-likeness (QED) is 0.751. The highest BCUT2D eigenvalue weighted by Crippen LogP contribution is 2.20. The zero-order valence-electron chi connectivity index (χ0n) is 12.5. The summed E-state index contributed by atoms with van der Waals surface area (Å²) in [7, 11) is 0. The molecule has 1 heterocycles. The maximum absolute atomic E-state index is 12.1. The van der Waals surface area contributed by atoms with Crippen molar-refractivity contribution in [2.45, 2.75) is 19.3 Å². The minimum atomic E-state index is -2.88. The average molecular weight is 332 g/mol. The number of alkyl halides is 2. The summed E-state index contributed by atoms with van der Waals surface area (Å²) < 4.78 is 28.5. The lowest BCUT2D eigenvalue weighted by Gasteiger charge is -2.11. The molecule has 0 aliphatic carbocycles. The second kappa shape index (κ2) is 7.14. The molecule has 124 valence electrons. The van der Waals surface area contributed by atoms with Gasteiger partial charge in [-0.2, -0.15) is 13.6 Å². The molecule has 0 aliphatic rings. The number of aliphatic hydroxyl groups is 1. The van der Waals surface area contributed by atoms with Gasteiger partial charge in [0.05, 0.1) is 6.54 Å². The molecule has 24 heavy (non-hydrogen) atoms. The maximum Gasteiger partial charge on any atom is 0.387 e. The Labute approximate surface area is 136 Å². The monoisotopic (exact) mass is 332 g/mol. The van der Waals surface area contributed by atoms with Crippen molar-refractivity contribution in [2.24, 2.45) is 0 Å². The minimum Gasteiger partial charge on any atom is -0.435 e. The molecular weight excluding hydrogens is 318 g/mol. The van der Waals surface area contributed by atoms with Gasteiger partial charge in [-0.25, -0.2) is 0 Å². The van der Waals surface area contributed by atoms with Crippen LogP contribution in [0.2, 0.25) is 0 Å². The van der Waals surface area contributed by atoms with Crippen molar-refractivity contribution in [3.63, 3.8) is 0 Å². The third-order valence-electron chi connectivity index (χ3n) is 3.31. The van der Waals surface area contributed by atoms with E-state index < -0.39 is 12.7 Å². The fraction of sp³-hybridized carbons (Fsp3) is 0.188. The van der Waals surface area contributed by atoms with E-state index in [2.05, 4.69) is 20.1 Å². The Bertz CT molecular complexity index is 778. The normalized spacial score (nSPS) is 12.3. The smallest absolute Gasteiger partial charge is 0.387 e. The van der Waals surface area contributed by atoms with E-state index in [1.54, 1.807) is 0 Å². The molecule has 0 saturated heterocycles. The Hall–Kier alpha value is -2.87. The third-order valence-corrected chi connectivity index (χ3v) is 3.31. The molecule has 1 aromatic heterocycles. The lowest BCUT2D eigenvalue weighted by Crippen LogP contribution is -2.11. The second-order valence-corrected chi connectivity index (χ2v) is 5.00. The molecule has 0 radical (unpaired) electrons. The van der Waals surface area contributed by atoms with Crippen molar-refractivity contribution in [1.82, 2.24) is 20.2 Å². The zero-order valence-corrected chi connectivity index (χ0v) is 12.5. The van der Waals surface area contributed by atoms with Crippen LogP contribution in [0.1, 0.15) is 11.7 Å². The Morgan fingerprint density at radius 1 is 1.04 bits per heavy atom. The van der Waals surface area contributed by atoms with Crippen LogP contribution in [0.3, 0.4) is 0 Å². The first-order valence-electron chi connectivity index (χ1n) is 7.18. The summed E-state index contributed by atoms with van der Waals surface area (Å²) in [4.78, 5) is 1.29. The van der Waals surface area contributed by atoms with Crippen molar-refractivity contribution < 1.29 is 18.6 Å². The van der Waals surface area contributed by atoms with E-state index in [1.807, 2.05) is 30.3 Å². The largest absolute Gasteiger partial charge is 0.435 e. The average Bonchev–Trinajstić information content (AvgIpc) is 3.04. The SMILES string of the molecule is O[C@H](Cn1nnc(-c2ccccc2)n1)c1ccc(OC(F)F)cc1. The number of tetrazole rings is 1. The predicted octanol–water partition coefficient (Wildman–Crippen LogP) is 2.68. The van der Waals surface area contributed by atoms with E-state index in [4.69, 9.17) is 0 Å². The van der Waals surface area contributed by atoms with E-state index in [9.17, 15) is 13.9 Å². The second-order valence-electron chi connectivity index (χ2n) is 5.00. The van der Waals surface area contributed by atoms with Crippen molar-refractivity contribution in [1.29, 1.82) is 0 Å². The Balaban J connectivity index is 1.66. The first-order chi connectivity index (χ1) is 11.6. The van der Waals surface area contributed by atoms with E-state index in [1.165, 1.54) is 29.1 Å². The van der Waals surface area contributed by atoms with Crippen LogP contribution in [0, 0.1) is 0 Å². The molecular formula is C16H14F2N4O2. The molecule has 1 N–H and O–H groups in total. The molecule has 1 atom stereocenters. The van der Waals surface area contributed by atoms with E-state index in [-0.39, 0.29) is 12.3 Å². The van der Waals surface area contributed by atoms with Crippen LogP contribution in [-0.4, -0.2) is 31.9 Å². The summed E-state index contributed by atoms with van der Waals surface area (Å²) in [5.41, 5.74) is 1.36. The summed E-state index contributed by atoms with van der Waals surface area (Å²) in [5, 5.41) is 22.3. The summed E-state index contributed by atoms with van der Waals surface area (Å²) in [6.45, 7) is -2.79. The fourth-order valence-corrected chi connectivity index (χ4v) is 2.15.